The molecular formula is C20H18F6N2O8S2. The van der Waals surface area contributed by atoms with Crippen LogP contribution in [0.1, 0.15) is 11.1 Å². The molecule has 0 aliphatic carbocycles. The molecule has 0 aliphatic heterocycles. The average Bonchev–Trinajstić information content (AvgIpc) is 2.81. The summed E-state index contributed by atoms with van der Waals surface area (Å²) in [5, 5.41) is 5.66. The first kappa shape index (κ1) is 31.0. The lowest BCUT2D eigenvalue weighted by molar-refractivity contribution is -0.166. The molecule has 0 saturated heterocycles. The van der Waals surface area contributed by atoms with Crippen LogP contribution >= 0.6 is 12.3 Å². The SMILES string of the molecule is COOSO/N=C(/c1ccc(OCCOc2ccc(/C(=N/OS(C)(=O)=O)C(F)(F)F)cc2)cc1)C(F)(F)F. The van der Waals surface area contributed by atoms with Crippen molar-refractivity contribution in [1.29, 1.82) is 0 Å². The molecule has 2 aromatic rings. The molecule has 2 aromatic carbocycles. The number of halogens is 6. The Morgan fingerprint density at radius 1 is 0.789 bits per heavy atom. The highest BCUT2D eigenvalue weighted by atomic mass is 32.2. The Morgan fingerprint density at radius 2 is 1.21 bits per heavy atom. The van der Waals surface area contributed by atoms with Crippen molar-refractivity contribution in [1.82, 2.24) is 0 Å². The molecule has 0 radical (unpaired) electrons. The zero-order chi connectivity index (χ0) is 28.4. The molecule has 10 nitrogen and oxygen atoms in total. The molecule has 0 fully saturated rings. The monoisotopic (exact) mass is 592 g/mol. The van der Waals surface area contributed by atoms with Crippen LogP contribution in [-0.4, -0.2) is 58.8 Å². The Bertz CT molecular complexity index is 1200. The molecule has 0 spiro atoms. The fourth-order valence-electron chi connectivity index (χ4n) is 2.47. The summed E-state index contributed by atoms with van der Waals surface area (Å²) in [6, 6.07) is 9.05. The highest BCUT2D eigenvalue weighted by Crippen LogP contribution is 2.26. The van der Waals surface area contributed by atoms with E-state index in [-0.39, 0.29) is 42.6 Å². The fourth-order valence-corrected chi connectivity index (χ4v) is 2.87. The molecule has 0 unspecified atom stereocenters. The second kappa shape index (κ2) is 13.5. The van der Waals surface area contributed by atoms with E-state index < -0.39 is 39.5 Å². The number of hydrogen-bond donors (Lipinski definition) is 0. The Kier molecular flexibility index (Phi) is 11.0. The summed E-state index contributed by atoms with van der Waals surface area (Å²) in [5.41, 5.74) is -3.68. The lowest BCUT2D eigenvalue weighted by Gasteiger charge is -2.12. The third-order valence-electron chi connectivity index (χ3n) is 3.93. The maximum Gasteiger partial charge on any atom is 0.437 e. The van der Waals surface area contributed by atoms with Crippen molar-refractivity contribution in [2.45, 2.75) is 12.4 Å². The minimum Gasteiger partial charge on any atom is -0.490 e. The molecule has 0 aromatic heterocycles. The Hall–Kier alpha value is -3.22. The average molecular weight is 592 g/mol. The molecule has 0 heterocycles. The van der Waals surface area contributed by atoms with Gasteiger partial charge in [0.2, 0.25) is 0 Å². The minimum atomic E-state index is -4.99. The van der Waals surface area contributed by atoms with Crippen LogP contribution in [0, 0.1) is 0 Å². The number of oxime groups is 2. The maximum absolute atomic E-state index is 13.2. The van der Waals surface area contributed by atoms with Gasteiger partial charge < -0.3 is 9.47 Å². The van der Waals surface area contributed by atoms with Crippen LogP contribution in [0.3, 0.4) is 0 Å². The summed E-state index contributed by atoms with van der Waals surface area (Å²) >= 11 is 0.0816. The third kappa shape index (κ3) is 10.6. The van der Waals surface area contributed by atoms with Crippen molar-refractivity contribution < 1.29 is 62.0 Å². The highest BCUT2D eigenvalue weighted by Gasteiger charge is 2.39. The van der Waals surface area contributed by atoms with E-state index in [1.54, 1.807) is 0 Å². The second-order valence-corrected chi connectivity index (χ2v) is 8.76. The summed E-state index contributed by atoms with van der Waals surface area (Å²) in [6.07, 6.45) is -9.28. The topological polar surface area (TPSA) is 114 Å². The summed E-state index contributed by atoms with van der Waals surface area (Å²) in [5.74, 6) is 0.351. The normalized spacial score (nSPS) is 13.3. The van der Waals surface area contributed by atoms with E-state index in [9.17, 15) is 34.8 Å². The molecule has 0 bridgehead atoms. The van der Waals surface area contributed by atoms with Gasteiger partial charge in [-0.05, 0) is 48.5 Å². The number of rotatable bonds is 13. The van der Waals surface area contributed by atoms with Crippen molar-refractivity contribution in [2.75, 3.05) is 26.6 Å². The van der Waals surface area contributed by atoms with Crippen molar-refractivity contribution in [2.24, 2.45) is 10.3 Å². The van der Waals surface area contributed by atoms with Gasteiger partial charge >= 0.3 is 22.5 Å². The maximum atomic E-state index is 13.2. The van der Waals surface area contributed by atoms with Crippen molar-refractivity contribution >= 4 is 33.9 Å². The molecule has 2 rings (SSSR count). The summed E-state index contributed by atoms with van der Waals surface area (Å²) in [6.45, 7) is -0.134. The molecule has 210 valence electrons. The van der Waals surface area contributed by atoms with Crippen LogP contribution in [0.4, 0.5) is 26.3 Å². The lowest BCUT2D eigenvalue weighted by atomic mass is 10.1. The lowest BCUT2D eigenvalue weighted by Crippen LogP contribution is -2.24. The summed E-state index contributed by atoms with van der Waals surface area (Å²) in [4.78, 5) is 4.14. The van der Waals surface area contributed by atoms with E-state index in [1.165, 1.54) is 24.3 Å². The van der Waals surface area contributed by atoms with Crippen LogP contribution in [0.2, 0.25) is 0 Å². The first-order valence-corrected chi connectivity index (χ1v) is 12.4. The van der Waals surface area contributed by atoms with Gasteiger partial charge in [0, 0.05) is 11.1 Å². The van der Waals surface area contributed by atoms with Crippen LogP contribution in [0.25, 0.3) is 0 Å². The van der Waals surface area contributed by atoms with Crippen LogP contribution in [-0.2, 0) is 27.9 Å². The predicted octanol–water partition coefficient (Wildman–Crippen LogP) is 4.81. The quantitative estimate of drug-likeness (QED) is 0.0807. The minimum absolute atomic E-state index is 0.0626. The Morgan fingerprint density at radius 3 is 1.58 bits per heavy atom. The smallest absolute Gasteiger partial charge is 0.437 e. The van der Waals surface area contributed by atoms with Crippen LogP contribution in [0.5, 0.6) is 11.5 Å². The molecule has 0 atom stereocenters. The number of benzene rings is 2. The molecule has 0 saturated carbocycles. The highest BCUT2D eigenvalue weighted by molar-refractivity contribution is 7.89. The number of hydrogen-bond acceptors (Lipinski definition) is 11. The molecular weight excluding hydrogens is 574 g/mol. The van der Waals surface area contributed by atoms with Gasteiger partial charge in [-0.25, -0.2) is 4.89 Å². The van der Waals surface area contributed by atoms with Gasteiger partial charge in [0.05, 0.1) is 13.4 Å². The van der Waals surface area contributed by atoms with Gasteiger partial charge in [-0.2, -0.15) is 34.8 Å². The molecule has 0 aliphatic rings. The van der Waals surface area contributed by atoms with Gasteiger partial charge in [0.25, 0.3) is 12.3 Å². The largest absolute Gasteiger partial charge is 0.490 e. The first-order chi connectivity index (χ1) is 17.7. The summed E-state index contributed by atoms with van der Waals surface area (Å²) < 4.78 is 124. The van der Waals surface area contributed by atoms with E-state index >= 15 is 0 Å². The Labute approximate surface area is 216 Å². The number of nitrogens with zero attached hydrogens (tertiary/aromatic N) is 2. The van der Waals surface area contributed by atoms with Crippen molar-refractivity contribution in [3.05, 3.63) is 59.7 Å². The van der Waals surface area contributed by atoms with Crippen molar-refractivity contribution in [3.63, 3.8) is 0 Å². The van der Waals surface area contributed by atoms with E-state index in [1.807, 2.05) is 0 Å². The molecule has 0 N–H and O–H groups in total. The van der Waals surface area contributed by atoms with Gasteiger partial charge in [0.1, 0.15) is 24.7 Å². The zero-order valence-corrected chi connectivity index (χ0v) is 20.9. The second-order valence-electron chi connectivity index (χ2n) is 6.78. The zero-order valence-electron chi connectivity index (χ0n) is 19.3. The Balaban J connectivity index is 1.94. The van der Waals surface area contributed by atoms with Gasteiger partial charge in [0.15, 0.2) is 11.4 Å². The standard InChI is InChI=1S/C20H18F6N2O8S2/c1-31-36-37-34-27-17(19(21,22)23)13-3-7-15(8-4-13)32-11-12-33-16-9-5-14(6-10-16)18(20(24,25)26)28-35-38(2,29)30/h3-10H,11-12H2,1-2H3/b27-17-,28-18-. The van der Waals surface area contributed by atoms with Gasteiger partial charge in [-0.3, -0.25) is 8.57 Å². The fraction of sp³-hybridized carbons (Fsp3) is 0.300. The number of alkyl halides is 6. The van der Waals surface area contributed by atoms with Gasteiger partial charge in [-0.1, -0.05) is 10.3 Å². The van der Waals surface area contributed by atoms with E-state index in [2.05, 4.69) is 28.1 Å². The number of ether oxygens (including phenoxy) is 2. The molecule has 38 heavy (non-hydrogen) atoms. The van der Waals surface area contributed by atoms with E-state index in [0.29, 0.717) is 6.26 Å². The van der Waals surface area contributed by atoms with E-state index in [0.717, 1.165) is 31.4 Å². The first-order valence-electron chi connectivity index (χ1n) is 9.89. The van der Waals surface area contributed by atoms with Crippen molar-refractivity contribution in [3.8, 4) is 11.5 Å². The molecule has 0 amide bonds. The van der Waals surface area contributed by atoms with E-state index in [4.69, 9.17) is 9.47 Å². The van der Waals surface area contributed by atoms with Gasteiger partial charge in [-0.15, -0.1) is 4.33 Å². The predicted molar refractivity (Wildman–Crippen MR) is 122 cm³/mol. The van der Waals surface area contributed by atoms with Crippen LogP contribution in [0.15, 0.2) is 58.8 Å². The molecule has 18 heteroatoms. The third-order valence-corrected chi connectivity index (χ3v) is 4.60. The summed E-state index contributed by atoms with van der Waals surface area (Å²) in [7, 11) is -3.13. The van der Waals surface area contributed by atoms with Crippen LogP contribution < -0.4 is 9.47 Å².